The summed E-state index contributed by atoms with van der Waals surface area (Å²) in [5.41, 5.74) is 1.96. The molecule has 0 bridgehead atoms. The summed E-state index contributed by atoms with van der Waals surface area (Å²) in [4.78, 5) is 17.2. The molecular weight excluding hydrogens is 304 g/mol. The first-order valence-corrected chi connectivity index (χ1v) is 8.84. The number of nitrogens with zero attached hydrogens (tertiary/aromatic N) is 2. The van der Waals surface area contributed by atoms with Gasteiger partial charge in [-0.2, -0.15) is 0 Å². The molecule has 0 saturated carbocycles. The highest BCUT2D eigenvalue weighted by Gasteiger charge is 2.22. The number of aromatic nitrogens is 2. The van der Waals surface area contributed by atoms with E-state index in [-0.39, 0.29) is 11.8 Å². The molecule has 0 unspecified atom stereocenters. The summed E-state index contributed by atoms with van der Waals surface area (Å²) in [7, 11) is 0. The van der Waals surface area contributed by atoms with Crippen LogP contribution in [0.2, 0.25) is 0 Å². The van der Waals surface area contributed by atoms with Crippen LogP contribution in [-0.4, -0.2) is 41.8 Å². The van der Waals surface area contributed by atoms with Crippen LogP contribution in [-0.2, 0) is 16.1 Å². The van der Waals surface area contributed by atoms with Crippen LogP contribution in [0.1, 0.15) is 26.2 Å². The Bertz CT molecular complexity index is 677. The summed E-state index contributed by atoms with van der Waals surface area (Å²) in [5, 5.41) is 6.35. The van der Waals surface area contributed by atoms with Crippen molar-refractivity contribution >= 4 is 22.9 Å². The number of fused-ring (bicyclic) bond motifs is 1. The van der Waals surface area contributed by atoms with Gasteiger partial charge in [-0.3, -0.25) is 10.1 Å². The molecule has 2 aromatic rings. The normalized spacial score (nSPS) is 15.7. The van der Waals surface area contributed by atoms with Crippen LogP contribution in [0.4, 0.5) is 5.95 Å². The van der Waals surface area contributed by atoms with Gasteiger partial charge in [-0.15, -0.1) is 0 Å². The fraction of sp³-hybridized carbons (Fsp3) is 0.556. The number of hydrogen-bond acceptors (Lipinski definition) is 4. The van der Waals surface area contributed by atoms with E-state index < -0.39 is 0 Å². The summed E-state index contributed by atoms with van der Waals surface area (Å²) in [6, 6.07) is 8.00. The largest absolute Gasteiger partial charge is 0.382 e. The Morgan fingerprint density at radius 3 is 2.96 bits per heavy atom. The highest BCUT2D eigenvalue weighted by molar-refractivity contribution is 5.93. The van der Waals surface area contributed by atoms with Gasteiger partial charge in [0, 0.05) is 25.7 Å². The minimum Gasteiger partial charge on any atom is -0.382 e. The van der Waals surface area contributed by atoms with Crippen LogP contribution >= 0.6 is 0 Å². The van der Waals surface area contributed by atoms with E-state index >= 15 is 0 Å². The number of nitrogens with one attached hydrogen (secondary N) is 2. The Morgan fingerprint density at radius 2 is 2.17 bits per heavy atom. The molecule has 6 nitrogen and oxygen atoms in total. The number of ether oxygens (including phenoxy) is 1. The molecule has 1 aromatic heterocycles. The number of carbonyl (C=O) groups excluding carboxylic acids is 1. The zero-order chi connectivity index (χ0) is 16.8. The fourth-order valence-electron chi connectivity index (χ4n) is 3.16. The van der Waals surface area contributed by atoms with E-state index in [0.717, 1.165) is 56.5 Å². The van der Waals surface area contributed by atoms with Crippen molar-refractivity contribution in [2.24, 2.45) is 5.92 Å². The topological polar surface area (TPSA) is 68.2 Å². The van der Waals surface area contributed by atoms with Crippen LogP contribution in [0.5, 0.6) is 0 Å². The molecule has 1 saturated heterocycles. The Hall–Kier alpha value is -1.92. The molecule has 0 radical (unpaired) electrons. The number of para-hydroxylation sites is 2. The third-order valence-corrected chi connectivity index (χ3v) is 4.47. The monoisotopic (exact) mass is 330 g/mol. The van der Waals surface area contributed by atoms with Gasteiger partial charge in [0.1, 0.15) is 0 Å². The minimum atomic E-state index is 0.0722. The lowest BCUT2D eigenvalue weighted by Crippen LogP contribution is -2.35. The van der Waals surface area contributed by atoms with Crippen LogP contribution < -0.4 is 10.6 Å². The van der Waals surface area contributed by atoms with Gasteiger partial charge < -0.3 is 14.6 Å². The number of anilines is 1. The molecule has 24 heavy (non-hydrogen) atoms. The van der Waals surface area contributed by atoms with E-state index in [2.05, 4.69) is 20.2 Å². The van der Waals surface area contributed by atoms with Gasteiger partial charge in [0.2, 0.25) is 11.9 Å². The second-order valence-electron chi connectivity index (χ2n) is 6.14. The maximum atomic E-state index is 12.6. The van der Waals surface area contributed by atoms with Crippen molar-refractivity contribution in [1.82, 2.24) is 14.9 Å². The molecule has 1 aromatic carbocycles. The third-order valence-electron chi connectivity index (χ3n) is 4.47. The van der Waals surface area contributed by atoms with Crippen LogP contribution in [0.25, 0.3) is 11.0 Å². The number of amides is 1. The second kappa shape index (κ2) is 8.26. The summed E-state index contributed by atoms with van der Waals surface area (Å²) in [5.74, 6) is 0.803. The maximum Gasteiger partial charge on any atom is 0.229 e. The van der Waals surface area contributed by atoms with Gasteiger partial charge in [0.05, 0.1) is 11.0 Å². The molecule has 1 amide bonds. The molecule has 2 N–H and O–H groups in total. The zero-order valence-electron chi connectivity index (χ0n) is 14.3. The number of benzene rings is 1. The third kappa shape index (κ3) is 3.94. The summed E-state index contributed by atoms with van der Waals surface area (Å²) in [6.45, 7) is 6.03. The smallest absolute Gasteiger partial charge is 0.229 e. The first kappa shape index (κ1) is 16.9. The van der Waals surface area contributed by atoms with Gasteiger partial charge in [0.25, 0.3) is 0 Å². The summed E-state index contributed by atoms with van der Waals surface area (Å²) >= 11 is 0. The summed E-state index contributed by atoms with van der Waals surface area (Å²) < 4.78 is 7.52. The predicted octanol–water partition coefficient (Wildman–Crippen LogP) is 2.40. The average Bonchev–Trinajstić information content (AvgIpc) is 2.97. The van der Waals surface area contributed by atoms with Crippen molar-refractivity contribution in [3.05, 3.63) is 24.3 Å². The van der Waals surface area contributed by atoms with E-state index in [1.807, 2.05) is 31.2 Å². The second-order valence-corrected chi connectivity index (χ2v) is 6.14. The standard InChI is InChI=1S/C18H26N4O2/c1-2-24-13-5-12-22-16-7-4-3-6-15(16)20-18(22)21-17(23)14-8-10-19-11-9-14/h3-4,6-7,14,19H,2,5,8-13H2,1H3,(H,20,21,23). The molecule has 6 heteroatoms. The van der Waals surface area contributed by atoms with Gasteiger partial charge in [0.15, 0.2) is 0 Å². The molecule has 130 valence electrons. The first-order valence-electron chi connectivity index (χ1n) is 8.84. The van der Waals surface area contributed by atoms with Crippen molar-refractivity contribution in [3.8, 4) is 0 Å². The van der Waals surface area contributed by atoms with Crippen molar-refractivity contribution in [3.63, 3.8) is 0 Å². The summed E-state index contributed by atoms with van der Waals surface area (Å²) in [6.07, 6.45) is 2.66. The highest BCUT2D eigenvalue weighted by atomic mass is 16.5. The van der Waals surface area contributed by atoms with E-state index in [9.17, 15) is 4.79 Å². The number of rotatable bonds is 7. The quantitative estimate of drug-likeness (QED) is 0.765. The van der Waals surface area contributed by atoms with E-state index in [1.165, 1.54) is 0 Å². The number of carbonyl (C=O) groups is 1. The van der Waals surface area contributed by atoms with Crippen molar-refractivity contribution in [2.75, 3.05) is 31.6 Å². The lowest BCUT2D eigenvalue weighted by Gasteiger charge is -2.21. The molecule has 0 spiro atoms. The Kier molecular flexibility index (Phi) is 5.82. The number of imidazole rings is 1. The molecule has 2 heterocycles. The van der Waals surface area contributed by atoms with Gasteiger partial charge >= 0.3 is 0 Å². The van der Waals surface area contributed by atoms with Crippen LogP contribution in [0.3, 0.4) is 0 Å². The number of aryl methyl sites for hydroxylation is 1. The maximum absolute atomic E-state index is 12.6. The zero-order valence-corrected chi connectivity index (χ0v) is 14.3. The lowest BCUT2D eigenvalue weighted by molar-refractivity contribution is -0.120. The molecular formula is C18H26N4O2. The van der Waals surface area contributed by atoms with Gasteiger partial charge in [-0.25, -0.2) is 4.98 Å². The predicted molar refractivity (Wildman–Crippen MR) is 95.1 cm³/mol. The van der Waals surface area contributed by atoms with Crippen LogP contribution in [0.15, 0.2) is 24.3 Å². The van der Waals surface area contributed by atoms with E-state index in [0.29, 0.717) is 12.6 Å². The lowest BCUT2D eigenvalue weighted by atomic mass is 9.97. The van der Waals surface area contributed by atoms with E-state index in [1.54, 1.807) is 0 Å². The molecule has 3 rings (SSSR count). The minimum absolute atomic E-state index is 0.0722. The Labute approximate surface area is 142 Å². The Morgan fingerprint density at radius 1 is 1.38 bits per heavy atom. The molecule has 1 aliphatic heterocycles. The first-order chi connectivity index (χ1) is 11.8. The van der Waals surface area contributed by atoms with Crippen molar-refractivity contribution < 1.29 is 9.53 Å². The number of hydrogen-bond donors (Lipinski definition) is 2. The van der Waals surface area contributed by atoms with Crippen molar-refractivity contribution in [2.45, 2.75) is 32.7 Å². The Balaban J connectivity index is 1.76. The SMILES string of the molecule is CCOCCCn1c(NC(=O)C2CCNCC2)nc2ccccc21. The van der Waals surface area contributed by atoms with Crippen molar-refractivity contribution in [1.29, 1.82) is 0 Å². The fourth-order valence-corrected chi connectivity index (χ4v) is 3.16. The molecule has 0 atom stereocenters. The van der Waals surface area contributed by atoms with E-state index in [4.69, 9.17) is 4.74 Å². The van der Waals surface area contributed by atoms with Gasteiger partial charge in [-0.1, -0.05) is 12.1 Å². The molecule has 1 fully saturated rings. The average molecular weight is 330 g/mol. The molecule has 1 aliphatic rings. The molecule has 0 aliphatic carbocycles. The van der Waals surface area contributed by atoms with Crippen LogP contribution in [0, 0.1) is 5.92 Å². The number of piperidine rings is 1. The highest BCUT2D eigenvalue weighted by Crippen LogP contribution is 2.22. The van der Waals surface area contributed by atoms with Gasteiger partial charge in [-0.05, 0) is 51.4 Å².